The van der Waals surface area contributed by atoms with Crippen molar-refractivity contribution in [2.24, 2.45) is 11.8 Å². The van der Waals surface area contributed by atoms with Gasteiger partial charge in [-0.1, -0.05) is 31.4 Å². The summed E-state index contributed by atoms with van der Waals surface area (Å²) >= 11 is 8.26. The third-order valence-corrected chi connectivity index (χ3v) is 6.05. The zero-order chi connectivity index (χ0) is 14.8. The average Bonchev–Trinajstić information content (AvgIpc) is 2.81. The molecule has 0 spiro atoms. The normalized spacial score (nSPS) is 27.8. The van der Waals surface area contributed by atoms with Crippen LogP contribution in [0.25, 0.3) is 0 Å². The van der Waals surface area contributed by atoms with Crippen LogP contribution in [0.3, 0.4) is 0 Å². The molecule has 0 saturated heterocycles. The molecule has 114 valence electrons. The summed E-state index contributed by atoms with van der Waals surface area (Å²) in [5, 5.41) is 6.82. The van der Waals surface area contributed by atoms with Gasteiger partial charge in [-0.25, -0.2) is 0 Å². The van der Waals surface area contributed by atoms with Gasteiger partial charge in [-0.15, -0.1) is 11.3 Å². The van der Waals surface area contributed by atoms with Crippen LogP contribution in [0.2, 0.25) is 5.02 Å². The van der Waals surface area contributed by atoms with Gasteiger partial charge >= 0.3 is 0 Å². The van der Waals surface area contributed by atoms with Crippen LogP contribution in [0.1, 0.15) is 64.2 Å². The fourth-order valence-electron chi connectivity index (χ4n) is 3.26. The molecule has 1 aliphatic rings. The molecule has 3 unspecified atom stereocenters. The molecule has 1 nitrogen and oxygen atoms in total. The second kappa shape index (κ2) is 6.81. The molecule has 0 amide bonds. The van der Waals surface area contributed by atoms with E-state index in [1.807, 2.05) is 11.3 Å². The summed E-state index contributed by atoms with van der Waals surface area (Å²) in [6.07, 6.45) is 5.33. The summed E-state index contributed by atoms with van der Waals surface area (Å²) in [4.78, 5) is 1.42. The predicted molar refractivity (Wildman–Crippen MR) is 90.9 cm³/mol. The first-order valence-corrected chi connectivity index (χ1v) is 9.14. The van der Waals surface area contributed by atoms with E-state index in [1.165, 1.54) is 30.6 Å². The first-order chi connectivity index (χ1) is 9.40. The summed E-state index contributed by atoms with van der Waals surface area (Å²) in [7, 11) is 0. The topological polar surface area (TPSA) is 12.0 Å². The monoisotopic (exact) mass is 313 g/mol. The second-order valence-corrected chi connectivity index (χ2v) is 8.57. The van der Waals surface area contributed by atoms with Crippen molar-refractivity contribution in [3.8, 4) is 0 Å². The molecule has 1 saturated carbocycles. The van der Waals surface area contributed by atoms with E-state index >= 15 is 0 Å². The summed E-state index contributed by atoms with van der Waals surface area (Å²) in [5.41, 5.74) is 0.200. The van der Waals surface area contributed by atoms with E-state index in [1.54, 1.807) is 0 Å². The molecule has 1 aliphatic carbocycles. The van der Waals surface area contributed by atoms with Crippen LogP contribution in [0.4, 0.5) is 0 Å². The number of hydrogen-bond donors (Lipinski definition) is 1. The maximum absolute atomic E-state index is 6.41. The van der Waals surface area contributed by atoms with Gasteiger partial charge in [0, 0.05) is 10.4 Å². The first kappa shape index (κ1) is 16.3. The van der Waals surface area contributed by atoms with Crippen molar-refractivity contribution < 1.29 is 0 Å². The Bertz CT molecular complexity index is 421. The van der Waals surface area contributed by atoms with Crippen molar-refractivity contribution in [2.45, 2.75) is 64.8 Å². The summed E-state index contributed by atoms with van der Waals surface area (Å²) in [6.45, 7) is 10.2. The molecule has 1 heterocycles. The maximum Gasteiger partial charge on any atom is 0.0547 e. The minimum Gasteiger partial charge on any atom is -0.312 e. The van der Waals surface area contributed by atoms with Crippen LogP contribution in [-0.2, 0) is 0 Å². The van der Waals surface area contributed by atoms with Crippen molar-refractivity contribution in [1.82, 2.24) is 5.32 Å². The zero-order valence-electron chi connectivity index (χ0n) is 13.2. The van der Waals surface area contributed by atoms with Gasteiger partial charge in [-0.2, -0.15) is 0 Å². The molecule has 1 aromatic rings. The van der Waals surface area contributed by atoms with Crippen molar-refractivity contribution in [1.29, 1.82) is 0 Å². The minimum atomic E-state index is 0.200. The Balaban J connectivity index is 2.10. The minimum absolute atomic E-state index is 0.200. The number of rotatable bonds is 4. The zero-order valence-corrected chi connectivity index (χ0v) is 14.8. The van der Waals surface area contributed by atoms with Gasteiger partial charge in [0.2, 0.25) is 0 Å². The molecule has 2 rings (SSSR count). The second-order valence-electron chi connectivity index (χ2n) is 7.22. The number of halogens is 1. The third kappa shape index (κ3) is 4.22. The highest BCUT2D eigenvalue weighted by molar-refractivity contribution is 7.10. The standard InChI is InChI=1S/C17H28ClNS/c1-5-12-6-7-13(11-19-17(2,3)4)14(10-12)16-15(18)8-9-20-16/h8-9,12-14,19H,5-7,10-11H2,1-4H3. The smallest absolute Gasteiger partial charge is 0.0547 e. The molecule has 20 heavy (non-hydrogen) atoms. The third-order valence-electron chi connectivity index (χ3n) is 4.56. The van der Waals surface area contributed by atoms with Crippen molar-refractivity contribution in [3.05, 3.63) is 21.3 Å². The van der Waals surface area contributed by atoms with Crippen LogP contribution in [0.15, 0.2) is 11.4 Å². The van der Waals surface area contributed by atoms with Gasteiger partial charge in [0.05, 0.1) is 5.02 Å². The molecule has 1 fully saturated rings. The summed E-state index contributed by atoms with van der Waals surface area (Å²) in [5.74, 6) is 2.26. The molecule has 0 radical (unpaired) electrons. The van der Waals surface area contributed by atoms with Gasteiger partial charge in [0.1, 0.15) is 0 Å². The van der Waals surface area contributed by atoms with Gasteiger partial charge < -0.3 is 5.32 Å². The van der Waals surface area contributed by atoms with Crippen molar-refractivity contribution in [3.63, 3.8) is 0 Å². The highest BCUT2D eigenvalue weighted by Crippen LogP contribution is 2.45. The van der Waals surface area contributed by atoms with E-state index in [9.17, 15) is 0 Å². The number of hydrogen-bond acceptors (Lipinski definition) is 2. The van der Waals surface area contributed by atoms with Crippen molar-refractivity contribution >= 4 is 22.9 Å². The highest BCUT2D eigenvalue weighted by Gasteiger charge is 2.33. The lowest BCUT2D eigenvalue weighted by Crippen LogP contribution is -2.41. The van der Waals surface area contributed by atoms with E-state index in [4.69, 9.17) is 11.6 Å². The fourth-order valence-corrected chi connectivity index (χ4v) is 4.67. The van der Waals surface area contributed by atoms with E-state index < -0.39 is 0 Å². The van der Waals surface area contributed by atoms with E-state index in [0.29, 0.717) is 5.92 Å². The molecule has 0 bridgehead atoms. The van der Waals surface area contributed by atoms with Gasteiger partial charge in [0.15, 0.2) is 0 Å². The van der Waals surface area contributed by atoms with Crippen LogP contribution >= 0.6 is 22.9 Å². The Labute approximate surface area is 133 Å². The van der Waals surface area contributed by atoms with E-state index in [0.717, 1.165) is 23.4 Å². The maximum atomic E-state index is 6.41. The Hall–Kier alpha value is -0.0500. The quantitative estimate of drug-likeness (QED) is 0.752. The lowest BCUT2D eigenvalue weighted by Gasteiger charge is -2.37. The molecule has 0 aliphatic heterocycles. The molecule has 3 heteroatoms. The predicted octanol–water partition coefficient (Wildman–Crippen LogP) is 5.70. The Morgan fingerprint density at radius 1 is 1.35 bits per heavy atom. The van der Waals surface area contributed by atoms with Gasteiger partial charge in [0.25, 0.3) is 0 Å². The van der Waals surface area contributed by atoms with Crippen LogP contribution in [-0.4, -0.2) is 12.1 Å². The number of nitrogens with one attached hydrogen (secondary N) is 1. The molecule has 0 aromatic carbocycles. The Morgan fingerprint density at radius 2 is 2.10 bits per heavy atom. The molecule has 1 N–H and O–H groups in total. The van der Waals surface area contributed by atoms with Gasteiger partial charge in [-0.3, -0.25) is 0 Å². The van der Waals surface area contributed by atoms with Crippen LogP contribution in [0, 0.1) is 11.8 Å². The molecule has 3 atom stereocenters. The van der Waals surface area contributed by atoms with Crippen LogP contribution in [0.5, 0.6) is 0 Å². The summed E-state index contributed by atoms with van der Waals surface area (Å²) in [6, 6.07) is 2.06. The van der Waals surface area contributed by atoms with Gasteiger partial charge in [-0.05, 0) is 69.4 Å². The Kier molecular flexibility index (Phi) is 5.56. The number of thiophene rings is 1. The van der Waals surface area contributed by atoms with Crippen molar-refractivity contribution in [2.75, 3.05) is 6.54 Å². The SMILES string of the molecule is CCC1CCC(CNC(C)(C)C)C(c2sccc2Cl)C1. The Morgan fingerprint density at radius 3 is 2.65 bits per heavy atom. The lowest BCUT2D eigenvalue weighted by molar-refractivity contribution is 0.215. The summed E-state index contributed by atoms with van der Waals surface area (Å²) < 4.78 is 0. The van der Waals surface area contributed by atoms with E-state index in [-0.39, 0.29) is 5.54 Å². The molecule has 1 aromatic heterocycles. The average molecular weight is 314 g/mol. The molecular formula is C17H28ClNS. The first-order valence-electron chi connectivity index (χ1n) is 7.88. The molecular weight excluding hydrogens is 286 g/mol. The fraction of sp³-hybridized carbons (Fsp3) is 0.765. The highest BCUT2D eigenvalue weighted by atomic mass is 35.5. The lowest BCUT2D eigenvalue weighted by atomic mass is 9.72. The van der Waals surface area contributed by atoms with Crippen LogP contribution < -0.4 is 5.32 Å². The largest absolute Gasteiger partial charge is 0.312 e. The van der Waals surface area contributed by atoms with E-state index in [2.05, 4.69) is 44.5 Å².